The first-order chi connectivity index (χ1) is 6.15. The van der Waals surface area contributed by atoms with Crippen molar-refractivity contribution in [2.45, 2.75) is 40.5 Å². The van der Waals surface area contributed by atoms with E-state index < -0.39 is 0 Å². The zero-order chi connectivity index (χ0) is 9.84. The van der Waals surface area contributed by atoms with Gasteiger partial charge in [0.25, 0.3) is 0 Å². The van der Waals surface area contributed by atoms with Crippen LogP contribution in [0.4, 0.5) is 0 Å². The molecule has 0 aromatic rings. The highest BCUT2D eigenvalue weighted by Crippen LogP contribution is 2.31. The molecule has 0 amide bonds. The van der Waals surface area contributed by atoms with Crippen molar-refractivity contribution in [2.75, 3.05) is 6.54 Å². The van der Waals surface area contributed by atoms with E-state index in [0.717, 1.165) is 12.5 Å². The molecular weight excluding hydrogens is 158 g/mol. The molecule has 1 rings (SSSR count). The minimum Gasteiger partial charge on any atom is -0.290 e. The summed E-state index contributed by atoms with van der Waals surface area (Å²) < 4.78 is 0. The van der Waals surface area contributed by atoms with E-state index in [1.54, 1.807) is 0 Å². The molecule has 0 aromatic heterocycles. The van der Waals surface area contributed by atoms with Gasteiger partial charge < -0.3 is 0 Å². The van der Waals surface area contributed by atoms with Gasteiger partial charge in [-0.2, -0.15) is 0 Å². The fourth-order valence-electron chi connectivity index (χ4n) is 1.63. The Balaban J connectivity index is 2.68. The summed E-state index contributed by atoms with van der Waals surface area (Å²) in [6.45, 7) is 9.65. The highest BCUT2D eigenvalue weighted by molar-refractivity contribution is 6.01. The first-order valence-electron chi connectivity index (χ1n) is 5.38. The van der Waals surface area contributed by atoms with Crippen molar-refractivity contribution in [1.29, 1.82) is 0 Å². The van der Waals surface area contributed by atoms with Gasteiger partial charge in [-0.25, -0.2) is 0 Å². The summed E-state index contributed by atoms with van der Waals surface area (Å²) in [5, 5.41) is 0. The maximum atomic E-state index is 4.55. The van der Waals surface area contributed by atoms with Crippen molar-refractivity contribution in [1.82, 2.24) is 0 Å². The molecule has 0 radical (unpaired) electrons. The molecule has 0 aromatic carbocycles. The Morgan fingerprint density at radius 1 is 1.46 bits per heavy atom. The van der Waals surface area contributed by atoms with Crippen LogP contribution in [0.5, 0.6) is 0 Å². The summed E-state index contributed by atoms with van der Waals surface area (Å²) in [7, 11) is 0. The quantitative estimate of drug-likeness (QED) is 0.586. The maximum absolute atomic E-state index is 4.55. The molecule has 0 unspecified atom stereocenters. The van der Waals surface area contributed by atoms with E-state index in [0.29, 0.717) is 5.92 Å². The summed E-state index contributed by atoms with van der Waals surface area (Å²) >= 11 is 0. The Hall–Kier alpha value is -0.590. The molecule has 0 saturated heterocycles. The molecule has 1 saturated carbocycles. The monoisotopic (exact) mass is 179 g/mol. The average Bonchev–Trinajstić information content (AvgIpc) is 2.83. The number of allylic oxidation sites excluding steroid dienone is 2. The van der Waals surface area contributed by atoms with Crippen molar-refractivity contribution < 1.29 is 0 Å². The standard InChI is InChI=1S/C12H21N/c1-5-13-12(9(2)3)10(4)8-11-6-7-11/h8-9,11H,5-7H2,1-4H3/b10-8+,13-12?. The molecule has 0 heterocycles. The maximum Gasteiger partial charge on any atom is 0.0399 e. The van der Waals surface area contributed by atoms with E-state index in [2.05, 4.69) is 38.8 Å². The smallest absolute Gasteiger partial charge is 0.0399 e. The summed E-state index contributed by atoms with van der Waals surface area (Å²) in [6, 6.07) is 0. The summed E-state index contributed by atoms with van der Waals surface area (Å²) in [5.41, 5.74) is 2.70. The summed E-state index contributed by atoms with van der Waals surface area (Å²) in [6.07, 6.45) is 5.16. The molecule has 74 valence electrons. The van der Waals surface area contributed by atoms with Crippen molar-refractivity contribution in [2.24, 2.45) is 16.8 Å². The fraction of sp³-hybridized carbons (Fsp3) is 0.750. The van der Waals surface area contributed by atoms with Crippen LogP contribution in [0.1, 0.15) is 40.5 Å². The second-order valence-corrected chi connectivity index (χ2v) is 4.20. The van der Waals surface area contributed by atoms with Gasteiger partial charge >= 0.3 is 0 Å². The molecule has 0 aliphatic heterocycles. The Labute approximate surface area is 82.0 Å². The third-order valence-electron chi connectivity index (χ3n) is 2.39. The highest BCUT2D eigenvalue weighted by Gasteiger charge is 2.19. The number of nitrogens with zero attached hydrogens (tertiary/aromatic N) is 1. The topological polar surface area (TPSA) is 12.4 Å². The molecule has 0 atom stereocenters. The molecule has 1 nitrogen and oxygen atoms in total. The molecule has 0 bridgehead atoms. The Kier molecular flexibility index (Phi) is 3.71. The minimum absolute atomic E-state index is 0.565. The van der Waals surface area contributed by atoms with E-state index >= 15 is 0 Å². The van der Waals surface area contributed by atoms with Crippen LogP contribution < -0.4 is 0 Å². The predicted octanol–water partition coefficient (Wildman–Crippen LogP) is 3.46. The van der Waals surface area contributed by atoms with Crippen LogP contribution in [0.3, 0.4) is 0 Å². The van der Waals surface area contributed by atoms with Gasteiger partial charge in [-0.15, -0.1) is 0 Å². The van der Waals surface area contributed by atoms with Crippen LogP contribution in [-0.4, -0.2) is 12.3 Å². The van der Waals surface area contributed by atoms with Crippen molar-refractivity contribution in [3.63, 3.8) is 0 Å². The van der Waals surface area contributed by atoms with Crippen LogP contribution >= 0.6 is 0 Å². The normalized spacial score (nSPS) is 19.8. The van der Waals surface area contributed by atoms with Gasteiger partial charge in [-0.3, -0.25) is 4.99 Å². The van der Waals surface area contributed by atoms with E-state index in [9.17, 15) is 0 Å². The molecule has 1 fully saturated rings. The lowest BCUT2D eigenvalue weighted by atomic mass is 10.00. The van der Waals surface area contributed by atoms with Gasteiger partial charge in [0.1, 0.15) is 0 Å². The zero-order valence-corrected chi connectivity index (χ0v) is 9.30. The first kappa shape index (κ1) is 10.5. The molecule has 1 heteroatoms. The Morgan fingerprint density at radius 2 is 2.08 bits per heavy atom. The van der Waals surface area contributed by atoms with Gasteiger partial charge in [0.15, 0.2) is 0 Å². The molecule has 1 aliphatic rings. The van der Waals surface area contributed by atoms with E-state index in [1.807, 2.05) is 0 Å². The molecule has 0 spiro atoms. The highest BCUT2D eigenvalue weighted by atomic mass is 14.7. The first-order valence-corrected chi connectivity index (χ1v) is 5.38. The van der Waals surface area contributed by atoms with Gasteiger partial charge in [0.05, 0.1) is 0 Å². The largest absolute Gasteiger partial charge is 0.290 e. The van der Waals surface area contributed by atoms with Crippen LogP contribution in [0.15, 0.2) is 16.6 Å². The Morgan fingerprint density at radius 3 is 2.46 bits per heavy atom. The number of rotatable bonds is 4. The van der Waals surface area contributed by atoms with Crippen LogP contribution in [0, 0.1) is 11.8 Å². The summed E-state index contributed by atoms with van der Waals surface area (Å²) in [5.74, 6) is 1.43. The third-order valence-corrected chi connectivity index (χ3v) is 2.39. The minimum atomic E-state index is 0.565. The van der Waals surface area contributed by atoms with Crippen LogP contribution in [0.2, 0.25) is 0 Å². The van der Waals surface area contributed by atoms with E-state index in [1.165, 1.54) is 24.1 Å². The zero-order valence-electron chi connectivity index (χ0n) is 9.30. The van der Waals surface area contributed by atoms with Gasteiger partial charge in [-0.1, -0.05) is 19.9 Å². The van der Waals surface area contributed by atoms with Gasteiger partial charge in [0.2, 0.25) is 0 Å². The van der Waals surface area contributed by atoms with Crippen LogP contribution in [-0.2, 0) is 0 Å². The van der Waals surface area contributed by atoms with Crippen molar-refractivity contribution >= 4 is 5.71 Å². The lowest BCUT2D eigenvalue weighted by Crippen LogP contribution is -2.09. The SMILES string of the molecule is CCN=C(/C(C)=C/C1CC1)C(C)C. The molecule has 0 N–H and O–H groups in total. The van der Waals surface area contributed by atoms with Gasteiger partial charge in [0, 0.05) is 12.3 Å². The van der Waals surface area contributed by atoms with Crippen LogP contribution in [0.25, 0.3) is 0 Å². The number of hydrogen-bond acceptors (Lipinski definition) is 1. The molecular formula is C12H21N. The second-order valence-electron chi connectivity index (χ2n) is 4.20. The summed E-state index contributed by atoms with van der Waals surface area (Å²) in [4.78, 5) is 4.55. The second kappa shape index (κ2) is 4.59. The average molecular weight is 179 g/mol. The number of hydrogen-bond donors (Lipinski definition) is 0. The van der Waals surface area contributed by atoms with E-state index in [-0.39, 0.29) is 0 Å². The van der Waals surface area contributed by atoms with Gasteiger partial charge in [-0.05, 0) is 44.1 Å². The lowest BCUT2D eigenvalue weighted by Gasteiger charge is -2.10. The van der Waals surface area contributed by atoms with E-state index in [4.69, 9.17) is 0 Å². The van der Waals surface area contributed by atoms with Crippen molar-refractivity contribution in [3.8, 4) is 0 Å². The fourth-order valence-corrected chi connectivity index (χ4v) is 1.63. The molecule has 1 aliphatic carbocycles. The van der Waals surface area contributed by atoms with Crippen molar-refractivity contribution in [3.05, 3.63) is 11.6 Å². The third kappa shape index (κ3) is 3.33. The lowest BCUT2D eigenvalue weighted by molar-refractivity contribution is 0.867. The Bertz CT molecular complexity index is 219. The predicted molar refractivity (Wildman–Crippen MR) is 59.3 cm³/mol. The number of aliphatic imine (C=N–C) groups is 1. The molecule has 13 heavy (non-hydrogen) atoms.